The monoisotopic (exact) mass is 294 g/mol. The summed E-state index contributed by atoms with van der Waals surface area (Å²) in [5.74, 6) is 0.244. The third-order valence-corrected chi connectivity index (χ3v) is 5.16. The van der Waals surface area contributed by atoms with Crippen molar-refractivity contribution in [2.75, 3.05) is 39.9 Å². The van der Waals surface area contributed by atoms with Crippen LogP contribution in [-0.2, 0) is 16.1 Å². The highest BCUT2D eigenvalue weighted by Crippen LogP contribution is 2.40. The zero-order valence-electron chi connectivity index (χ0n) is 12.0. The molecule has 2 aliphatic rings. The highest BCUT2D eigenvalue weighted by atomic mass is 32.1. The second-order valence-corrected chi connectivity index (χ2v) is 6.86. The largest absolute Gasteiger partial charge is 0.384 e. The standard InChI is InChI=1S/C15H22N2O2S/c1-19-6-2-14(18)17-11-15(12-17)4-5-16(10-15)8-13-3-7-20-9-13/h3,7,9H,2,4-6,8,10-12H2,1H3. The molecule has 2 saturated heterocycles. The van der Waals surface area contributed by atoms with Gasteiger partial charge in [-0.1, -0.05) is 0 Å². The maximum absolute atomic E-state index is 11.9. The number of hydrogen-bond donors (Lipinski definition) is 0. The summed E-state index contributed by atoms with van der Waals surface area (Å²) in [5, 5.41) is 4.37. The van der Waals surface area contributed by atoms with Crippen molar-refractivity contribution >= 4 is 17.2 Å². The molecule has 0 unspecified atom stereocenters. The van der Waals surface area contributed by atoms with E-state index in [4.69, 9.17) is 4.74 Å². The van der Waals surface area contributed by atoms with E-state index >= 15 is 0 Å². The van der Waals surface area contributed by atoms with E-state index in [2.05, 4.69) is 21.7 Å². The number of methoxy groups -OCH3 is 1. The average molecular weight is 294 g/mol. The van der Waals surface area contributed by atoms with Gasteiger partial charge in [0.15, 0.2) is 0 Å². The molecular weight excluding hydrogens is 272 g/mol. The van der Waals surface area contributed by atoms with Gasteiger partial charge in [-0.15, -0.1) is 0 Å². The van der Waals surface area contributed by atoms with E-state index in [1.54, 1.807) is 18.4 Å². The number of nitrogens with zero attached hydrogens (tertiary/aromatic N) is 2. The number of carbonyl (C=O) groups excluding carboxylic acids is 1. The first kappa shape index (κ1) is 14.0. The first-order valence-corrected chi connectivity index (χ1v) is 8.15. The predicted octanol–water partition coefficient (Wildman–Crippen LogP) is 1.82. The molecule has 0 radical (unpaired) electrons. The van der Waals surface area contributed by atoms with Crippen LogP contribution in [0.3, 0.4) is 0 Å². The summed E-state index contributed by atoms with van der Waals surface area (Å²) in [7, 11) is 1.64. The van der Waals surface area contributed by atoms with Crippen LogP contribution in [0.25, 0.3) is 0 Å². The lowest BCUT2D eigenvalue weighted by Crippen LogP contribution is -2.59. The molecule has 0 aromatic carbocycles. The molecule has 1 aromatic rings. The minimum absolute atomic E-state index is 0.244. The number of hydrogen-bond acceptors (Lipinski definition) is 4. The Morgan fingerprint density at radius 1 is 1.45 bits per heavy atom. The fourth-order valence-electron chi connectivity index (χ4n) is 3.35. The van der Waals surface area contributed by atoms with Crippen LogP contribution in [0.5, 0.6) is 0 Å². The van der Waals surface area contributed by atoms with E-state index in [0.29, 0.717) is 18.4 Å². The van der Waals surface area contributed by atoms with E-state index in [1.807, 2.05) is 4.90 Å². The number of thiophene rings is 1. The molecule has 0 saturated carbocycles. The summed E-state index contributed by atoms with van der Waals surface area (Å²) in [6, 6.07) is 2.21. The molecule has 3 heterocycles. The fourth-order valence-corrected chi connectivity index (χ4v) is 4.01. The number of carbonyl (C=O) groups is 1. The first-order valence-electron chi connectivity index (χ1n) is 7.21. The molecule has 0 bridgehead atoms. The van der Waals surface area contributed by atoms with Crippen molar-refractivity contribution in [2.24, 2.45) is 5.41 Å². The van der Waals surface area contributed by atoms with Crippen LogP contribution < -0.4 is 0 Å². The molecule has 20 heavy (non-hydrogen) atoms. The Kier molecular flexibility index (Phi) is 4.10. The summed E-state index contributed by atoms with van der Waals surface area (Å²) < 4.78 is 4.97. The Labute approximate surface area is 124 Å². The second-order valence-electron chi connectivity index (χ2n) is 6.08. The van der Waals surface area contributed by atoms with Gasteiger partial charge in [-0.25, -0.2) is 0 Å². The number of amides is 1. The summed E-state index contributed by atoms with van der Waals surface area (Å²) in [6.07, 6.45) is 1.75. The molecule has 2 fully saturated rings. The second kappa shape index (κ2) is 5.84. The van der Waals surface area contributed by atoms with Crippen molar-refractivity contribution in [2.45, 2.75) is 19.4 Å². The molecule has 3 rings (SSSR count). The van der Waals surface area contributed by atoms with Crippen LogP contribution in [0.2, 0.25) is 0 Å². The maximum atomic E-state index is 11.9. The molecule has 1 spiro atoms. The van der Waals surface area contributed by atoms with E-state index in [0.717, 1.165) is 32.7 Å². The Morgan fingerprint density at radius 2 is 2.30 bits per heavy atom. The topological polar surface area (TPSA) is 32.8 Å². The predicted molar refractivity (Wildman–Crippen MR) is 79.7 cm³/mol. The SMILES string of the molecule is COCCC(=O)N1CC2(CCN(Cc3ccsc3)C2)C1. The van der Waals surface area contributed by atoms with Crippen molar-refractivity contribution in [1.29, 1.82) is 0 Å². The fraction of sp³-hybridized carbons (Fsp3) is 0.667. The minimum Gasteiger partial charge on any atom is -0.384 e. The highest BCUT2D eigenvalue weighted by molar-refractivity contribution is 7.07. The summed E-state index contributed by atoms with van der Waals surface area (Å²) in [6.45, 7) is 5.77. The Balaban J connectivity index is 1.46. The van der Waals surface area contributed by atoms with Crippen molar-refractivity contribution in [3.63, 3.8) is 0 Å². The van der Waals surface area contributed by atoms with E-state index in [1.165, 1.54) is 12.0 Å². The van der Waals surface area contributed by atoms with Crippen LogP contribution in [0.15, 0.2) is 16.8 Å². The lowest BCUT2D eigenvalue weighted by molar-refractivity contribution is -0.143. The number of ether oxygens (including phenoxy) is 1. The molecule has 2 aliphatic heterocycles. The summed E-state index contributed by atoms with van der Waals surface area (Å²) >= 11 is 1.76. The molecule has 0 N–H and O–H groups in total. The quantitative estimate of drug-likeness (QED) is 0.830. The van der Waals surface area contributed by atoms with E-state index in [9.17, 15) is 4.79 Å². The third kappa shape index (κ3) is 2.90. The molecule has 0 aliphatic carbocycles. The van der Waals surface area contributed by atoms with Crippen molar-refractivity contribution in [3.05, 3.63) is 22.4 Å². The zero-order valence-corrected chi connectivity index (χ0v) is 12.8. The Bertz CT molecular complexity index is 454. The number of likely N-dealkylation sites (tertiary alicyclic amines) is 2. The van der Waals surface area contributed by atoms with Crippen LogP contribution in [-0.4, -0.2) is 55.6 Å². The smallest absolute Gasteiger partial charge is 0.224 e. The van der Waals surface area contributed by atoms with Crippen LogP contribution >= 0.6 is 11.3 Å². The van der Waals surface area contributed by atoms with Gasteiger partial charge in [-0.2, -0.15) is 11.3 Å². The summed E-state index contributed by atoms with van der Waals surface area (Å²) in [4.78, 5) is 16.4. The van der Waals surface area contributed by atoms with Crippen LogP contribution in [0.4, 0.5) is 0 Å². The van der Waals surface area contributed by atoms with Gasteiger partial charge in [0.25, 0.3) is 0 Å². The average Bonchev–Trinajstić information content (AvgIpc) is 3.04. The number of rotatable bonds is 5. The molecule has 110 valence electrons. The van der Waals surface area contributed by atoms with Gasteiger partial charge >= 0.3 is 0 Å². The molecule has 5 heteroatoms. The van der Waals surface area contributed by atoms with Crippen LogP contribution in [0.1, 0.15) is 18.4 Å². The molecular formula is C15H22N2O2S. The normalized spacial score (nSPS) is 21.4. The van der Waals surface area contributed by atoms with Gasteiger partial charge in [0, 0.05) is 38.7 Å². The van der Waals surface area contributed by atoms with Gasteiger partial charge in [-0.05, 0) is 35.4 Å². The lowest BCUT2D eigenvalue weighted by Gasteiger charge is -2.48. The molecule has 1 aromatic heterocycles. The van der Waals surface area contributed by atoms with Crippen molar-refractivity contribution < 1.29 is 9.53 Å². The summed E-state index contributed by atoms with van der Waals surface area (Å²) in [5.41, 5.74) is 1.79. The third-order valence-electron chi connectivity index (χ3n) is 4.43. The van der Waals surface area contributed by atoms with Gasteiger partial charge in [0.2, 0.25) is 5.91 Å². The maximum Gasteiger partial charge on any atom is 0.224 e. The molecule has 4 nitrogen and oxygen atoms in total. The van der Waals surface area contributed by atoms with Crippen molar-refractivity contribution in [3.8, 4) is 0 Å². The first-order chi connectivity index (χ1) is 9.71. The van der Waals surface area contributed by atoms with Gasteiger partial charge in [0.05, 0.1) is 13.0 Å². The minimum atomic E-state index is 0.244. The zero-order chi connectivity index (χ0) is 14.0. The van der Waals surface area contributed by atoms with Gasteiger partial charge < -0.3 is 9.64 Å². The Hall–Kier alpha value is -0.910. The van der Waals surface area contributed by atoms with Gasteiger partial charge in [0.1, 0.15) is 0 Å². The van der Waals surface area contributed by atoms with E-state index in [-0.39, 0.29) is 5.91 Å². The van der Waals surface area contributed by atoms with Crippen molar-refractivity contribution in [1.82, 2.24) is 9.80 Å². The van der Waals surface area contributed by atoms with E-state index < -0.39 is 0 Å². The molecule has 1 amide bonds. The highest BCUT2D eigenvalue weighted by Gasteiger charge is 2.48. The van der Waals surface area contributed by atoms with Gasteiger partial charge in [-0.3, -0.25) is 9.69 Å². The Morgan fingerprint density at radius 3 is 3.00 bits per heavy atom. The molecule has 0 atom stereocenters. The lowest BCUT2D eigenvalue weighted by atomic mass is 9.79. The van der Waals surface area contributed by atoms with Crippen LogP contribution in [0, 0.1) is 5.41 Å².